The molecule has 1 heterocycles. The Bertz CT molecular complexity index is 544. The highest BCUT2D eigenvalue weighted by Gasteiger charge is 2.17. The molecule has 0 unspecified atom stereocenters. The van der Waals surface area contributed by atoms with Gasteiger partial charge in [0.1, 0.15) is 18.4 Å². The number of rotatable bonds is 6. The number of carbonyl (C=O) groups is 2. The highest BCUT2D eigenvalue weighted by Crippen LogP contribution is 2.20. The first kappa shape index (κ1) is 17.1. The van der Waals surface area contributed by atoms with Crippen molar-refractivity contribution in [1.82, 2.24) is 10.6 Å². The van der Waals surface area contributed by atoms with Crippen molar-refractivity contribution in [2.75, 3.05) is 25.6 Å². The van der Waals surface area contributed by atoms with Crippen LogP contribution in [0.3, 0.4) is 0 Å². The molecule has 0 saturated carbocycles. The van der Waals surface area contributed by atoms with Gasteiger partial charge in [-0.05, 0) is 31.9 Å². The second kappa shape index (κ2) is 8.38. The van der Waals surface area contributed by atoms with Gasteiger partial charge >= 0.3 is 6.03 Å². The average molecular weight is 321 g/mol. The van der Waals surface area contributed by atoms with E-state index in [9.17, 15) is 9.59 Å². The van der Waals surface area contributed by atoms with Crippen LogP contribution in [0.15, 0.2) is 24.3 Å². The molecule has 126 valence electrons. The molecule has 0 aromatic heterocycles. The molecule has 0 aliphatic carbocycles. The average Bonchev–Trinajstić information content (AvgIpc) is 3.06. The Kier molecular flexibility index (Phi) is 6.22. The van der Waals surface area contributed by atoms with Gasteiger partial charge in [-0.25, -0.2) is 4.79 Å². The van der Waals surface area contributed by atoms with Gasteiger partial charge in [0.15, 0.2) is 0 Å². The lowest BCUT2D eigenvalue weighted by molar-refractivity contribution is -0.120. The van der Waals surface area contributed by atoms with Crippen molar-refractivity contribution in [3.05, 3.63) is 24.3 Å². The molecule has 0 spiro atoms. The smallest absolute Gasteiger partial charge is 0.321 e. The molecule has 1 fully saturated rings. The van der Waals surface area contributed by atoms with Crippen LogP contribution in [0.2, 0.25) is 0 Å². The maximum Gasteiger partial charge on any atom is 0.321 e. The fraction of sp³-hybridized carbons (Fsp3) is 0.500. The SMILES string of the molecule is CNC(=O)NC(=O)[C@@H](C)Nc1cccc(OC[C@H]2CCCO2)c1. The van der Waals surface area contributed by atoms with Crippen molar-refractivity contribution < 1.29 is 19.1 Å². The Morgan fingerprint density at radius 3 is 2.96 bits per heavy atom. The van der Waals surface area contributed by atoms with E-state index >= 15 is 0 Å². The van der Waals surface area contributed by atoms with Crippen molar-refractivity contribution in [2.45, 2.75) is 31.9 Å². The molecular weight excluding hydrogens is 298 g/mol. The van der Waals surface area contributed by atoms with E-state index < -0.39 is 18.0 Å². The fourth-order valence-corrected chi connectivity index (χ4v) is 2.24. The summed E-state index contributed by atoms with van der Waals surface area (Å²) in [5.41, 5.74) is 0.745. The molecule has 1 aromatic carbocycles. The maximum atomic E-state index is 11.8. The van der Waals surface area contributed by atoms with E-state index in [1.54, 1.807) is 6.92 Å². The monoisotopic (exact) mass is 321 g/mol. The Hall–Kier alpha value is -2.28. The van der Waals surface area contributed by atoms with Gasteiger partial charge < -0.3 is 20.1 Å². The summed E-state index contributed by atoms with van der Waals surface area (Å²) < 4.78 is 11.2. The topological polar surface area (TPSA) is 88.7 Å². The third-order valence-electron chi connectivity index (χ3n) is 3.53. The first-order valence-corrected chi connectivity index (χ1v) is 7.72. The molecule has 1 aromatic rings. The van der Waals surface area contributed by atoms with Gasteiger partial charge in [-0.1, -0.05) is 6.07 Å². The molecule has 0 radical (unpaired) electrons. The summed E-state index contributed by atoms with van der Waals surface area (Å²) in [4.78, 5) is 23.0. The summed E-state index contributed by atoms with van der Waals surface area (Å²) in [6.45, 7) is 3.00. The lowest BCUT2D eigenvalue weighted by atomic mass is 10.2. The van der Waals surface area contributed by atoms with Gasteiger partial charge in [0, 0.05) is 25.4 Å². The Labute approximate surface area is 135 Å². The van der Waals surface area contributed by atoms with Crippen LogP contribution in [-0.4, -0.2) is 44.3 Å². The number of hydrogen-bond donors (Lipinski definition) is 3. The molecule has 3 N–H and O–H groups in total. The number of urea groups is 1. The number of carbonyl (C=O) groups excluding carboxylic acids is 2. The van der Waals surface area contributed by atoms with E-state index in [4.69, 9.17) is 9.47 Å². The number of ether oxygens (including phenoxy) is 2. The number of imide groups is 1. The van der Waals surface area contributed by atoms with Gasteiger partial charge in [0.05, 0.1) is 6.10 Å². The van der Waals surface area contributed by atoms with Crippen molar-refractivity contribution in [2.24, 2.45) is 0 Å². The number of hydrogen-bond acceptors (Lipinski definition) is 5. The van der Waals surface area contributed by atoms with E-state index in [-0.39, 0.29) is 6.10 Å². The van der Waals surface area contributed by atoms with Crippen LogP contribution in [0.25, 0.3) is 0 Å². The Balaban J connectivity index is 1.85. The Morgan fingerprint density at radius 2 is 2.26 bits per heavy atom. The van der Waals surface area contributed by atoms with Crippen molar-refractivity contribution >= 4 is 17.6 Å². The quantitative estimate of drug-likeness (QED) is 0.739. The number of anilines is 1. The molecule has 2 rings (SSSR count). The first-order valence-electron chi connectivity index (χ1n) is 7.72. The summed E-state index contributed by atoms with van der Waals surface area (Å²) in [7, 11) is 1.45. The van der Waals surface area contributed by atoms with Crippen LogP contribution >= 0.6 is 0 Å². The third-order valence-corrected chi connectivity index (χ3v) is 3.53. The molecule has 1 aliphatic rings. The molecule has 7 nitrogen and oxygen atoms in total. The van der Waals surface area contributed by atoms with Gasteiger partial charge in [-0.3, -0.25) is 10.1 Å². The van der Waals surface area contributed by atoms with E-state index in [1.165, 1.54) is 7.05 Å². The lowest BCUT2D eigenvalue weighted by Crippen LogP contribution is -2.44. The van der Waals surface area contributed by atoms with E-state index in [0.717, 1.165) is 25.1 Å². The van der Waals surface area contributed by atoms with Crippen molar-refractivity contribution in [3.8, 4) is 5.75 Å². The lowest BCUT2D eigenvalue weighted by Gasteiger charge is -2.16. The van der Waals surface area contributed by atoms with Crippen molar-refractivity contribution in [1.29, 1.82) is 0 Å². The number of amides is 3. The number of benzene rings is 1. The Morgan fingerprint density at radius 1 is 1.43 bits per heavy atom. The van der Waals surface area contributed by atoms with E-state index in [2.05, 4.69) is 16.0 Å². The van der Waals surface area contributed by atoms with Crippen LogP contribution in [0.4, 0.5) is 10.5 Å². The highest BCUT2D eigenvalue weighted by atomic mass is 16.5. The van der Waals surface area contributed by atoms with Gasteiger partial charge in [0.25, 0.3) is 0 Å². The highest BCUT2D eigenvalue weighted by molar-refractivity contribution is 5.97. The predicted molar refractivity (Wildman–Crippen MR) is 86.6 cm³/mol. The van der Waals surface area contributed by atoms with Gasteiger partial charge in [-0.2, -0.15) is 0 Å². The van der Waals surface area contributed by atoms with Crippen LogP contribution in [0.5, 0.6) is 5.75 Å². The second-order valence-corrected chi connectivity index (χ2v) is 5.41. The zero-order valence-corrected chi connectivity index (χ0v) is 13.4. The van der Waals surface area contributed by atoms with Crippen LogP contribution in [0, 0.1) is 0 Å². The van der Waals surface area contributed by atoms with Gasteiger partial charge in [0.2, 0.25) is 5.91 Å². The van der Waals surface area contributed by atoms with Gasteiger partial charge in [-0.15, -0.1) is 0 Å². The minimum absolute atomic E-state index is 0.156. The van der Waals surface area contributed by atoms with Crippen molar-refractivity contribution in [3.63, 3.8) is 0 Å². The molecule has 7 heteroatoms. The summed E-state index contributed by atoms with van der Waals surface area (Å²) in [6, 6.07) is 6.27. The normalized spacial score (nSPS) is 18.1. The summed E-state index contributed by atoms with van der Waals surface area (Å²) >= 11 is 0. The summed E-state index contributed by atoms with van der Waals surface area (Å²) in [5.74, 6) is 0.305. The summed E-state index contributed by atoms with van der Waals surface area (Å²) in [6.07, 6.45) is 2.26. The van der Waals surface area contributed by atoms with Crippen LogP contribution in [0.1, 0.15) is 19.8 Å². The second-order valence-electron chi connectivity index (χ2n) is 5.41. The maximum absolute atomic E-state index is 11.8. The molecule has 2 atom stereocenters. The molecule has 1 aliphatic heterocycles. The minimum Gasteiger partial charge on any atom is -0.491 e. The zero-order valence-electron chi connectivity index (χ0n) is 13.4. The molecule has 0 bridgehead atoms. The molecule has 23 heavy (non-hydrogen) atoms. The molecular formula is C16H23N3O4. The minimum atomic E-state index is -0.555. The molecule has 1 saturated heterocycles. The first-order chi connectivity index (χ1) is 11.1. The van der Waals surface area contributed by atoms with Crippen LogP contribution in [-0.2, 0) is 9.53 Å². The molecule has 3 amide bonds. The fourth-order valence-electron chi connectivity index (χ4n) is 2.24. The van der Waals surface area contributed by atoms with E-state index in [0.29, 0.717) is 12.4 Å². The van der Waals surface area contributed by atoms with Crippen LogP contribution < -0.4 is 20.7 Å². The largest absolute Gasteiger partial charge is 0.491 e. The third kappa shape index (κ3) is 5.45. The summed E-state index contributed by atoms with van der Waals surface area (Å²) in [5, 5.41) is 7.60. The van der Waals surface area contributed by atoms with E-state index in [1.807, 2.05) is 24.3 Å². The standard InChI is InChI=1S/C16H23N3O4/c1-11(15(20)19-16(21)17-2)18-12-5-3-6-13(9-12)23-10-14-7-4-8-22-14/h3,5-6,9,11,14,18H,4,7-8,10H2,1-2H3,(H2,17,19,20,21)/t11-,14-/m1/s1. The predicted octanol–water partition coefficient (Wildman–Crippen LogP) is 1.50. The number of nitrogens with one attached hydrogen (secondary N) is 3. The zero-order chi connectivity index (χ0) is 16.7.